The van der Waals surface area contributed by atoms with E-state index in [9.17, 15) is 13.6 Å². The number of pyridine rings is 1. The van der Waals surface area contributed by atoms with Crippen molar-refractivity contribution in [1.82, 2.24) is 9.88 Å². The van der Waals surface area contributed by atoms with Gasteiger partial charge < -0.3 is 14.2 Å². The highest BCUT2D eigenvalue weighted by Gasteiger charge is 2.36. The Kier molecular flexibility index (Phi) is 5.49. The molecule has 0 aliphatic carbocycles. The predicted octanol–water partition coefficient (Wildman–Crippen LogP) is 2.34. The number of hydrogen-bond acceptors (Lipinski definition) is 5. The van der Waals surface area contributed by atoms with Crippen molar-refractivity contribution in [3.63, 3.8) is 0 Å². The maximum absolute atomic E-state index is 12.1. The van der Waals surface area contributed by atoms with E-state index >= 15 is 0 Å². The normalized spacial score (nSPS) is 19.0. The van der Waals surface area contributed by atoms with Crippen LogP contribution in [0.2, 0.25) is 5.15 Å². The predicted molar refractivity (Wildman–Crippen MR) is 86.9 cm³/mol. The second-order valence-electron chi connectivity index (χ2n) is 6.21. The summed E-state index contributed by atoms with van der Waals surface area (Å²) in [6.45, 7) is 6.01. The van der Waals surface area contributed by atoms with Gasteiger partial charge in [-0.25, -0.2) is 9.78 Å². The zero-order valence-corrected chi connectivity index (χ0v) is 14.8. The number of carbonyl (C=O) groups excluding carboxylic acids is 1. The fraction of sp³-hybridized carbons (Fsp3) is 0.571. The number of anilines is 1. The highest BCUT2D eigenvalue weighted by molar-refractivity contribution is 7.80. The maximum atomic E-state index is 12.1. The molecule has 0 radical (unpaired) electrons. The van der Waals surface area contributed by atoms with Gasteiger partial charge in [-0.3, -0.25) is 8.51 Å². The topological polar surface area (TPSA) is 85.8 Å². The first-order valence-electron chi connectivity index (χ1n) is 7.16. The van der Waals surface area contributed by atoms with Crippen molar-refractivity contribution in [3.05, 3.63) is 23.5 Å². The quantitative estimate of drug-likeness (QED) is 0.607. The average molecular weight is 361 g/mol. The van der Waals surface area contributed by atoms with E-state index in [-0.39, 0.29) is 17.7 Å². The highest BCUT2D eigenvalue weighted by atomic mass is 35.5. The molecule has 0 aromatic carbocycles. The molecule has 1 aromatic rings. The molecule has 1 aliphatic rings. The second kappa shape index (κ2) is 7.02. The minimum atomic E-state index is -2.52. The van der Waals surface area contributed by atoms with Gasteiger partial charge in [0.15, 0.2) is 5.15 Å². The molecule has 9 heteroatoms. The third-order valence-corrected chi connectivity index (χ3v) is 4.33. The summed E-state index contributed by atoms with van der Waals surface area (Å²) in [4.78, 5) is 17.5. The Morgan fingerprint density at radius 1 is 1.61 bits per heavy atom. The van der Waals surface area contributed by atoms with Crippen LogP contribution >= 0.6 is 11.6 Å². The molecule has 2 unspecified atom stereocenters. The molecular formula is C14H19ClN3O4S-. The summed E-state index contributed by atoms with van der Waals surface area (Å²) in [7, 11) is 0. The van der Waals surface area contributed by atoms with Gasteiger partial charge in [0.05, 0.1) is 18.3 Å². The standard InChI is InChI=1S/C14H20ClN3O4S/c1-14(2,3)22-13(19)17-8-6-10(17)9-18(23(20)21)11-5-4-7-16-12(11)15/h4-5,7,10H,6,8-9H2,1-3H3,(H,20,21)/p-1. The molecule has 7 nitrogen and oxygen atoms in total. The van der Waals surface area contributed by atoms with Gasteiger partial charge in [-0.2, -0.15) is 0 Å². The number of amides is 1. The number of halogens is 1. The van der Waals surface area contributed by atoms with Gasteiger partial charge >= 0.3 is 6.09 Å². The van der Waals surface area contributed by atoms with Gasteiger partial charge in [0.2, 0.25) is 0 Å². The van der Waals surface area contributed by atoms with E-state index in [1.807, 2.05) is 0 Å². The Labute approximate surface area is 143 Å². The van der Waals surface area contributed by atoms with E-state index in [0.29, 0.717) is 18.7 Å². The first-order chi connectivity index (χ1) is 10.7. The van der Waals surface area contributed by atoms with Gasteiger partial charge in [0.25, 0.3) is 0 Å². The molecular weight excluding hydrogens is 342 g/mol. The van der Waals surface area contributed by atoms with Crippen LogP contribution < -0.4 is 4.31 Å². The fourth-order valence-electron chi connectivity index (χ4n) is 2.19. The third kappa shape index (κ3) is 4.55. The minimum Gasteiger partial charge on any atom is -0.755 e. The molecule has 128 valence electrons. The number of hydrogen-bond donors (Lipinski definition) is 0. The lowest BCUT2D eigenvalue weighted by Gasteiger charge is -2.44. The molecule has 1 fully saturated rings. The monoisotopic (exact) mass is 360 g/mol. The summed E-state index contributed by atoms with van der Waals surface area (Å²) >= 11 is 3.44. The van der Waals surface area contributed by atoms with Crippen LogP contribution in [-0.2, 0) is 16.0 Å². The van der Waals surface area contributed by atoms with E-state index in [0.717, 1.165) is 4.31 Å². The molecule has 1 saturated heterocycles. The van der Waals surface area contributed by atoms with Crippen LogP contribution in [0.1, 0.15) is 27.2 Å². The molecule has 23 heavy (non-hydrogen) atoms. The zero-order chi connectivity index (χ0) is 17.2. The van der Waals surface area contributed by atoms with E-state index in [4.69, 9.17) is 16.3 Å². The number of ether oxygens (including phenoxy) is 1. The van der Waals surface area contributed by atoms with Crippen LogP contribution in [0.25, 0.3) is 0 Å². The summed E-state index contributed by atoms with van der Waals surface area (Å²) in [6.07, 6.45) is 1.74. The van der Waals surface area contributed by atoms with Crippen LogP contribution in [0, 0.1) is 0 Å². The maximum Gasteiger partial charge on any atom is 0.410 e. The van der Waals surface area contributed by atoms with Gasteiger partial charge in [-0.15, -0.1) is 0 Å². The van der Waals surface area contributed by atoms with Crippen LogP contribution in [0.3, 0.4) is 0 Å². The molecule has 0 bridgehead atoms. The lowest BCUT2D eigenvalue weighted by atomic mass is 10.0. The van der Waals surface area contributed by atoms with Crippen LogP contribution in [0.5, 0.6) is 0 Å². The summed E-state index contributed by atoms with van der Waals surface area (Å²) in [5.41, 5.74) is -0.302. The lowest BCUT2D eigenvalue weighted by molar-refractivity contribution is -0.00329. The smallest absolute Gasteiger partial charge is 0.410 e. The molecule has 0 saturated carbocycles. The Morgan fingerprint density at radius 3 is 2.78 bits per heavy atom. The first-order valence-corrected chi connectivity index (χ1v) is 8.57. The fourth-order valence-corrected chi connectivity index (χ4v) is 3.06. The molecule has 0 spiro atoms. The number of rotatable bonds is 4. The summed E-state index contributed by atoms with van der Waals surface area (Å²) < 4.78 is 29.5. The third-order valence-electron chi connectivity index (χ3n) is 3.34. The van der Waals surface area contributed by atoms with Gasteiger partial charge in [-0.05, 0) is 39.3 Å². The van der Waals surface area contributed by atoms with E-state index in [1.54, 1.807) is 32.9 Å². The van der Waals surface area contributed by atoms with Gasteiger partial charge in [-0.1, -0.05) is 11.6 Å². The van der Waals surface area contributed by atoms with Gasteiger partial charge in [0.1, 0.15) is 5.60 Å². The average Bonchev–Trinajstić information content (AvgIpc) is 2.37. The number of nitrogens with zero attached hydrogens (tertiary/aromatic N) is 3. The SMILES string of the molecule is CC(C)(C)OC(=O)N1CCC1CN(c1cccnc1Cl)S(=O)[O-]. The van der Waals surface area contributed by atoms with E-state index < -0.39 is 23.0 Å². The lowest BCUT2D eigenvalue weighted by Crippen LogP contribution is -2.57. The zero-order valence-electron chi connectivity index (χ0n) is 13.2. The van der Waals surface area contributed by atoms with E-state index in [1.165, 1.54) is 11.1 Å². The number of likely N-dealkylation sites (tertiary alicyclic amines) is 1. The first kappa shape index (κ1) is 18.0. The molecule has 2 rings (SSSR count). The summed E-state index contributed by atoms with van der Waals surface area (Å²) in [5, 5.41) is 0.0971. The number of aromatic nitrogens is 1. The largest absolute Gasteiger partial charge is 0.755 e. The summed E-state index contributed by atoms with van der Waals surface area (Å²) in [6, 6.07) is 2.92. The van der Waals surface area contributed by atoms with Crippen LogP contribution in [0.4, 0.5) is 10.5 Å². The van der Waals surface area contributed by atoms with Crippen LogP contribution in [-0.4, -0.2) is 49.5 Å². The minimum absolute atomic E-state index is 0.0971. The van der Waals surface area contributed by atoms with Crippen molar-refractivity contribution in [2.45, 2.75) is 38.8 Å². The van der Waals surface area contributed by atoms with Crippen LogP contribution in [0.15, 0.2) is 18.3 Å². The molecule has 1 aliphatic heterocycles. The summed E-state index contributed by atoms with van der Waals surface area (Å²) in [5.74, 6) is 0. The molecule has 2 atom stereocenters. The van der Waals surface area contributed by atoms with Gasteiger partial charge in [0, 0.05) is 24.0 Å². The van der Waals surface area contributed by atoms with E-state index in [2.05, 4.69) is 4.98 Å². The molecule has 1 aromatic heterocycles. The van der Waals surface area contributed by atoms with Crippen molar-refractivity contribution < 1.29 is 18.3 Å². The Hall–Kier alpha value is -1.38. The second-order valence-corrected chi connectivity index (χ2v) is 7.44. The Morgan fingerprint density at radius 2 is 2.30 bits per heavy atom. The molecule has 0 N–H and O–H groups in total. The number of carbonyl (C=O) groups is 1. The Balaban J connectivity index is 2.08. The Bertz CT molecular complexity index is 608. The van der Waals surface area contributed by atoms with Crippen molar-refractivity contribution >= 4 is 34.6 Å². The van der Waals surface area contributed by atoms with Crippen molar-refractivity contribution in [1.29, 1.82) is 0 Å². The highest BCUT2D eigenvalue weighted by Crippen LogP contribution is 2.28. The molecule has 1 amide bonds. The van der Waals surface area contributed by atoms with Crippen molar-refractivity contribution in [3.8, 4) is 0 Å². The van der Waals surface area contributed by atoms with Crippen molar-refractivity contribution in [2.24, 2.45) is 0 Å². The van der Waals surface area contributed by atoms with Crippen molar-refractivity contribution in [2.75, 3.05) is 17.4 Å². The molecule has 2 heterocycles.